The number of halogens is 5. The Balaban J connectivity index is 2.22. The van der Waals surface area contributed by atoms with E-state index in [1.807, 2.05) is 0 Å². The maximum absolute atomic E-state index is 13.4. The predicted octanol–water partition coefficient (Wildman–Crippen LogP) is 3.98. The van der Waals surface area contributed by atoms with E-state index in [-0.39, 0.29) is 11.4 Å². The molecule has 0 aliphatic carbocycles. The average Bonchev–Trinajstić information content (AvgIpc) is 2.78. The Bertz CT molecular complexity index is 683. The summed E-state index contributed by atoms with van der Waals surface area (Å²) in [6.45, 7) is 0. The molecule has 0 saturated carbocycles. The van der Waals surface area contributed by atoms with Gasteiger partial charge in [-0.1, -0.05) is 11.6 Å². The first kappa shape index (κ1) is 15.5. The molecule has 0 unspecified atom stereocenters. The van der Waals surface area contributed by atoms with Crippen molar-refractivity contribution in [1.82, 2.24) is 4.98 Å². The molecule has 0 fully saturated rings. The molecule has 0 spiro atoms. The maximum Gasteiger partial charge on any atom is 0.417 e. The van der Waals surface area contributed by atoms with Gasteiger partial charge in [0.2, 0.25) is 5.13 Å². The van der Waals surface area contributed by atoms with E-state index in [1.54, 1.807) is 5.38 Å². The molecule has 4 nitrogen and oxygen atoms in total. The Morgan fingerprint density at radius 2 is 2.10 bits per heavy atom. The zero-order valence-electron chi connectivity index (χ0n) is 10.1. The second-order valence-corrected chi connectivity index (χ2v) is 5.05. The summed E-state index contributed by atoms with van der Waals surface area (Å²) in [6, 6.07) is 1.55. The van der Waals surface area contributed by atoms with Crippen molar-refractivity contribution in [1.29, 1.82) is 0 Å². The topological polar surface area (TPSA) is 63.3 Å². The van der Waals surface area contributed by atoms with Gasteiger partial charge in [-0.05, 0) is 17.7 Å². The molecule has 0 saturated heterocycles. The van der Waals surface area contributed by atoms with Gasteiger partial charge in [-0.2, -0.15) is 18.3 Å². The minimum Gasteiger partial charge on any atom is -0.383 e. The zero-order valence-corrected chi connectivity index (χ0v) is 11.7. The van der Waals surface area contributed by atoms with Gasteiger partial charge in [-0.3, -0.25) is 5.43 Å². The summed E-state index contributed by atoms with van der Waals surface area (Å²) in [5, 5.41) is 4.60. The Kier molecular flexibility index (Phi) is 4.33. The maximum atomic E-state index is 13.4. The average molecular weight is 339 g/mol. The molecule has 2 rings (SSSR count). The lowest BCUT2D eigenvalue weighted by Crippen LogP contribution is -2.08. The number of nitrogen functional groups attached to an aromatic ring is 1. The fraction of sp³-hybridized carbons (Fsp3) is 0.0909. The van der Waals surface area contributed by atoms with E-state index >= 15 is 0 Å². The van der Waals surface area contributed by atoms with Gasteiger partial charge in [0.25, 0.3) is 0 Å². The summed E-state index contributed by atoms with van der Waals surface area (Å²) >= 11 is 6.47. The summed E-state index contributed by atoms with van der Waals surface area (Å²) in [7, 11) is 0. The van der Waals surface area contributed by atoms with Crippen molar-refractivity contribution < 1.29 is 17.6 Å². The highest BCUT2D eigenvalue weighted by atomic mass is 35.5. The van der Waals surface area contributed by atoms with Crippen LogP contribution in [0.1, 0.15) is 11.1 Å². The van der Waals surface area contributed by atoms with Crippen molar-refractivity contribution in [2.75, 3.05) is 11.2 Å². The number of anilines is 2. The number of hydrazone groups is 1. The molecule has 0 aliphatic heterocycles. The fourth-order valence-electron chi connectivity index (χ4n) is 1.39. The number of aromatic nitrogens is 1. The van der Waals surface area contributed by atoms with Crippen LogP contribution in [0.5, 0.6) is 0 Å². The van der Waals surface area contributed by atoms with E-state index in [0.717, 1.165) is 23.6 Å². The van der Waals surface area contributed by atoms with E-state index < -0.39 is 22.6 Å². The third-order valence-corrected chi connectivity index (χ3v) is 3.40. The molecule has 0 bridgehead atoms. The Morgan fingerprint density at radius 3 is 2.67 bits per heavy atom. The lowest BCUT2D eigenvalue weighted by molar-refractivity contribution is -0.137. The number of rotatable bonds is 3. The van der Waals surface area contributed by atoms with E-state index in [2.05, 4.69) is 15.5 Å². The number of hydrogen-bond acceptors (Lipinski definition) is 5. The van der Waals surface area contributed by atoms with E-state index in [1.165, 1.54) is 0 Å². The third-order valence-electron chi connectivity index (χ3n) is 2.25. The van der Waals surface area contributed by atoms with E-state index in [9.17, 15) is 17.6 Å². The van der Waals surface area contributed by atoms with Crippen LogP contribution < -0.4 is 11.2 Å². The molecule has 0 aliphatic rings. The van der Waals surface area contributed by atoms with Crippen LogP contribution in [0, 0.1) is 5.82 Å². The lowest BCUT2D eigenvalue weighted by atomic mass is 10.1. The van der Waals surface area contributed by atoms with Gasteiger partial charge in [0.1, 0.15) is 11.6 Å². The lowest BCUT2D eigenvalue weighted by Gasteiger charge is -2.10. The van der Waals surface area contributed by atoms with Crippen molar-refractivity contribution in [2.45, 2.75) is 6.18 Å². The van der Waals surface area contributed by atoms with E-state index in [4.69, 9.17) is 17.3 Å². The molecule has 3 N–H and O–H groups in total. The number of alkyl halides is 3. The van der Waals surface area contributed by atoms with Crippen molar-refractivity contribution in [3.8, 4) is 0 Å². The number of benzene rings is 1. The standard InChI is InChI=1S/C11H7ClF4N4S/c12-9-6(11(14,15)16)1-5(2-7(9)13)3-18-20-10-19-8(17)4-21-10/h1-4H,17H2,(H,19,20). The highest BCUT2D eigenvalue weighted by Crippen LogP contribution is 2.36. The molecule has 21 heavy (non-hydrogen) atoms. The summed E-state index contributed by atoms with van der Waals surface area (Å²) in [4.78, 5) is 3.83. The highest BCUT2D eigenvalue weighted by molar-refractivity contribution is 7.14. The number of hydrogen-bond donors (Lipinski definition) is 2. The molecule has 10 heteroatoms. The number of nitrogens with zero attached hydrogens (tertiary/aromatic N) is 2. The number of nitrogens with one attached hydrogen (secondary N) is 1. The van der Waals surface area contributed by atoms with Gasteiger partial charge in [0, 0.05) is 5.38 Å². The van der Waals surface area contributed by atoms with Crippen molar-refractivity contribution in [3.63, 3.8) is 0 Å². The number of thiazole rings is 1. The minimum atomic E-state index is -4.75. The first-order valence-corrected chi connectivity index (χ1v) is 6.59. The van der Waals surface area contributed by atoms with Gasteiger partial charge < -0.3 is 5.73 Å². The first-order chi connectivity index (χ1) is 9.77. The summed E-state index contributed by atoms with van der Waals surface area (Å²) < 4.78 is 51.4. The smallest absolute Gasteiger partial charge is 0.383 e. The molecular weight excluding hydrogens is 332 g/mol. The monoisotopic (exact) mass is 338 g/mol. The van der Waals surface area contributed by atoms with Gasteiger partial charge in [-0.15, -0.1) is 11.3 Å². The summed E-state index contributed by atoms with van der Waals surface area (Å²) in [5.74, 6) is -0.888. The van der Waals surface area contributed by atoms with Gasteiger partial charge in [0.05, 0.1) is 16.8 Å². The van der Waals surface area contributed by atoms with Crippen LogP contribution >= 0.6 is 22.9 Å². The largest absolute Gasteiger partial charge is 0.417 e. The Labute approximate surface area is 125 Å². The van der Waals surface area contributed by atoms with Crippen LogP contribution in [-0.4, -0.2) is 11.2 Å². The van der Waals surface area contributed by atoms with Crippen LogP contribution in [0.3, 0.4) is 0 Å². The van der Waals surface area contributed by atoms with Crippen molar-refractivity contribution in [2.24, 2.45) is 5.10 Å². The van der Waals surface area contributed by atoms with Crippen LogP contribution in [-0.2, 0) is 6.18 Å². The molecule has 2 aromatic rings. The SMILES string of the molecule is Nc1csc(NN=Cc2cc(F)c(Cl)c(C(F)(F)F)c2)n1. The third kappa shape index (κ3) is 3.82. The Hall–Kier alpha value is -1.87. The first-order valence-electron chi connectivity index (χ1n) is 5.33. The van der Waals surface area contributed by atoms with Gasteiger partial charge in [-0.25, -0.2) is 9.37 Å². The molecule has 112 valence electrons. The van der Waals surface area contributed by atoms with Crippen molar-refractivity contribution in [3.05, 3.63) is 39.5 Å². The number of nitrogens with two attached hydrogens (primary N) is 1. The molecule has 0 radical (unpaired) electrons. The molecule has 1 heterocycles. The van der Waals surface area contributed by atoms with Crippen LogP contribution in [0.2, 0.25) is 5.02 Å². The normalized spacial score (nSPS) is 12.0. The Morgan fingerprint density at radius 1 is 1.38 bits per heavy atom. The zero-order chi connectivity index (χ0) is 15.6. The fourth-order valence-corrected chi connectivity index (χ4v) is 2.16. The summed E-state index contributed by atoms with van der Waals surface area (Å²) in [6.07, 6.45) is -3.73. The molecule has 1 aromatic carbocycles. The van der Waals surface area contributed by atoms with Crippen LogP contribution in [0.25, 0.3) is 0 Å². The van der Waals surface area contributed by atoms with E-state index in [0.29, 0.717) is 11.2 Å². The summed E-state index contributed by atoms with van der Waals surface area (Å²) in [5.41, 5.74) is 6.49. The predicted molar refractivity (Wildman–Crippen MR) is 74.2 cm³/mol. The molecule has 0 atom stereocenters. The van der Waals surface area contributed by atoms with Gasteiger partial charge >= 0.3 is 6.18 Å². The highest BCUT2D eigenvalue weighted by Gasteiger charge is 2.34. The quantitative estimate of drug-likeness (QED) is 0.505. The molecular formula is C11H7ClF4N4S. The second-order valence-electron chi connectivity index (χ2n) is 3.81. The second kappa shape index (κ2) is 5.86. The van der Waals surface area contributed by atoms with Crippen LogP contribution in [0.15, 0.2) is 22.6 Å². The minimum absolute atomic E-state index is 0.0961. The molecule has 0 amide bonds. The molecule has 1 aromatic heterocycles. The van der Waals surface area contributed by atoms with Crippen molar-refractivity contribution >= 4 is 40.1 Å². The van der Waals surface area contributed by atoms with Gasteiger partial charge in [0.15, 0.2) is 0 Å². The van der Waals surface area contributed by atoms with Crippen LogP contribution in [0.4, 0.5) is 28.5 Å².